The molecule has 0 saturated carbocycles. The van der Waals surface area contributed by atoms with Gasteiger partial charge in [-0.25, -0.2) is 4.79 Å². The van der Waals surface area contributed by atoms with Gasteiger partial charge >= 0.3 is 5.97 Å². The molecule has 0 aromatic carbocycles. The Kier molecular flexibility index (Phi) is 4.94. The first kappa shape index (κ1) is 12.4. The predicted octanol–water partition coefficient (Wildman–Crippen LogP) is 0.950. The molecular formula is C10H17NO3S. The topological polar surface area (TPSA) is 55.4 Å². The molecule has 1 aliphatic heterocycles. The molecule has 1 aliphatic rings. The lowest BCUT2D eigenvalue weighted by molar-refractivity contribution is -0.144. The number of hydrogen-bond donors (Lipinski definition) is 1. The third-order valence-corrected chi connectivity index (χ3v) is 3.76. The van der Waals surface area contributed by atoms with Gasteiger partial charge in [-0.15, -0.1) is 11.8 Å². The lowest BCUT2D eigenvalue weighted by Crippen LogP contribution is -2.43. The van der Waals surface area contributed by atoms with Crippen LogP contribution in [0.25, 0.3) is 0 Å². The average Bonchev–Trinajstić information content (AvgIpc) is 2.29. The van der Waals surface area contributed by atoms with E-state index in [0.717, 1.165) is 18.6 Å². The number of amides is 1. The fourth-order valence-electron chi connectivity index (χ4n) is 1.49. The van der Waals surface area contributed by atoms with Crippen molar-refractivity contribution in [3.8, 4) is 0 Å². The van der Waals surface area contributed by atoms with Crippen LogP contribution in [-0.4, -0.2) is 36.0 Å². The van der Waals surface area contributed by atoms with Crippen molar-refractivity contribution in [2.45, 2.75) is 37.5 Å². The number of carbonyl (C=O) groups is 2. The molecule has 1 heterocycles. The van der Waals surface area contributed by atoms with E-state index in [1.807, 2.05) is 0 Å². The summed E-state index contributed by atoms with van der Waals surface area (Å²) in [6.07, 6.45) is 3.18. The maximum atomic E-state index is 11.7. The summed E-state index contributed by atoms with van der Waals surface area (Å²) in [7, 11) is 1.32. The van der Waals surface area contributed by atoms with Crippen LogP contribution in [0, 0.1) is 0 Å². The molecule has 0 aromatic heterocycles. The van der Waals surface area contributed by atoms with Crippen LogP contribution in [0.15, 0.2) is 0 Å². The molecule has 1 amide bonds. The molecule has 5 heteroatoms. The molecule has 0 aliphatic carbocycles. The fraction of sp³-hybridized carbons (Fsp3) is 0.800. The zero-order chi connectivity index (χ0) is 11.3. The van der Waals surface area contributed by atoms with E-state index in [9.17, 15) is 9.59 Å². The number of rotatable bonds is 3. The van der Waals surface area contributed by atoms with Crippen LogP contribution in [0.2, 0.25) is 0 Å². The number of thioether (sulfide) groups is 1. The van der Waals surface area contributed by atoms with Gasteiger partial charge in [-0.05, 0) is 25.5 Å². The molecule has 1 saturated heterocycles. The number of methoxy groups -OCH3 is 1. The minimum atomic E-state index is -0.551. The number of nitrogens with one attached hydrogen (secondary N) is 1. The van der Waals surface area contributed by atoms with Gasteiger partial charge in [-0.2, -0.15) is 0 Å². The summed E-state index contributed by atoms with van der Waals surface area (Å²) in [5.74, 6) is 0.590. The standard InChI is InChI=1S/C10H17NO3S/c1-7(10(13)14-2)11-9(12)8-5-3-4-6-15-8/h7-8H,3-6H2,1-2H3,(H,11,12). The highest BCUT2D eigenvalue weighted by molar-refractivity contribution is 8.00. The van der Waals surface area contributed by atoms with Crippen molar-refractivity contribution in [3.05, 3.63) is 0 Å². The summed E-state index contributed by atoms with van der Waals surface area (Å²) < 4.78 is 4.54. The van der Waals surface area contributed by atoms with Crippen LogP contribution in [0.4, 0.5) is 0 Å². The Morgan fingerprint density at radius 2 is 2.20 bits per heavy atom. The summed E-state index contributed by atoms with van der Waals surface area (Å²) in [5.41, 5.74) is 0. The van der Waals surface area contributed by atoms with Crippen LogP contribution in [0.5, 0.6) is 0 Å². The zero-order valence-electron chi connectivity index (χ0n) is 9.12. The van der Waals surface area contributed by atoms with Crippen LogP contribution in [0.3, 0.4) is 0 Å². The summed E-state index contributed by atoms with van der Waals surface area (Å²) in [6, 6.07) is -0.551. The van der Waals surface area contributed by atoms with Gasteiger partial charge in [0, 0.05) is 0 Å². The maximum absolute atomic E-state index is 11.7. The van der Waals surface area contributed by atoms with Crippen molar-refractivity contribution in [1.29, 1.82) is 0 Å². The highest BCUT2D eigenvalue weighted by atomic mass is 32.2. The Bertz CT molecular complexity index is 239. The lowest BCUT2D eigenvalue weighted by Gasteiger charge is -2.21. The molecule has 15 heavy (non-hydrogen) atoms. The van der Waals surface area contributed by atoms with E-state index >= 15 is 0 Å². The SMILES string of the molecule is COC(=O)C(C)NC(=O)C1CCCCS1. The van der Waals surface area contributed by atoms with Crippen LogP contribution in [-0.2, 0) is 14.3 Å². The molecule has 1 N–H and O–H groups in total. The van der Waals surface area contributed by atoms with E-state index in [1.165, 1.54) is 13.5 Å². The Morgan fingerprint density at radius 3 is 2.73 bits per heavy atom. The minimum absolute atomic E-state index is 0.00542. The second kappa shape index (κ2) is 6.00. The van der Waals surface area contributed by atoms with Gasteiger partial charge in [0.25, 0.3) is 0 Å². The molecule has 1 rings (SSSR count). The van der Waals surface area contributed by atoms with Crippen molar-refractivity contribution in [3.63, 3.8) is 0 Å². The summed E-state index contributed by atoms with van der Waals surface area (Å²) in [4.78, 5) is 22.8. The van der Waals surface area contributed by atoms with E-state index in [2.05, 4.69) is 10.1 Å². The smallest absolute Gasteiger partial charge is 0.328 e. The average molecular weight is 231 g/mol. The van der Waals surface area contributed by atoms with Gasteiger partial charge < -0.3 is 10.1 Å². The Hall–Kier alpha value is -0.710. The summed E-state index contributed by atoms with van der Waals surface area (Å²) in [6.45, 7) is 1.64. The number of ether oxygens (including phenoxy) is 1. The van der Waals surface area contributed by atoms with E-state index in [4.69, 9.17) is 0 Å². The Balaban J connectivity index is 2.36. The fourth-order valence-corrected chi connectivity index (χ4v) is 2.70. The molecule has 0 aromatic rings. The van der Waals surface area contributed by atoms with E-state index in [-0.39, 0.29) is 11.2 Å². The largest absolute Gasteiger partial charge is 0.467 e. The molecule has 4 nitrogen and oxygen atoms in total. The molecule has 1 fully saturated rings. The van der Waals surface area contributed by atoms with Crippen LogP contribution < -0.4 is 5.32 Å². The number of carbonyl (C=O) groups excluding carboxylic acids is 2. The minimum Gasteiger partial charge on any atom is -0.467 e. The van der Waals surface area contributed by atoms with Crippen molar-refractivity contribution in [1.82, 2.24) is 5.32 Å². The lowest BCUT2D eigenvalue weighted by atomic mass is 10.1. The third-order valence-electron chi connectivity index (χ3n) is 2.39. The second-order valence-electron chi connectivity index (χ2n) is 3.61. The number of esters is 1. The predicted molar refractivity (Wildman–Crippen MR) is 59.7 cm³/mol. The van der Waals surface area contributed by atoms with Crippen LogP contribution in [0.1, 0.15) is 26.2 Å². The normalized spacial score (nSPS) is 22.9. The monoisotopic (exact) mass is 231 g/mol. The van der Waals surface area contributed by atoms with Gasteiger partial charge in [0.15, 0.2) is 0 Å². The van der Waals surface area contributed by atoms with Crippen molar-refractivity contribution < 1.29 is 14.3 Å². The summed E-state index contributed by atoms with van der Waals surface area (Å²) >= 11 is 1.67. The number of hydrogen-bond acceptors (Lipinski definition) is 4. The molecule has 0 radical (unpaired) electrons. The maximum Gasteiger partial charge on any atom is 0.328 e. The van der Waals surface area contributed by atoms with E-state index < -0.39 is 12.0 Å². The van der Waals surface area contributed by atoms with Gasteiger partial charge in [0.2, 0.25) is 5.91 Å². The molecule has 2 unspecified atom stereocenters. The van der Waals surface area contributed by atoms with Gasteiger partial charge in [-0.1, -0.05) is 6.42 Å². The highest BCUT2D eigenvalue weighted by Crippen LogP contribution is 2.25. The molecule has 2 atom stereocenters. The van der Waals surface area contributed by atoms with Crippen molar-refractivity contribution in [2.75, 3.05) is 12.9 Å². The second-order valence-corrected chi connectivity index (χ2v) is 4.92. The van der Waals surface area contributed by atoms with Crippen molar-refractivity contribution >= 4 is 23.6 Å². The van der Waals surface area contributed by atoms with E-state index in [1.54, 1.807) is 18.7 Å². The quantitative estimate of drug-likeness (QED) is 0.735. The first-order valence-electron chi connectivity index (χ1n) is 5.15. The van der Waals surface area contributed by atoms with Gasteiger partial charge in [0.1, 0.15) is 6.04 Å². The highest BCUT2D eigenvalue weighted by Gasteiger charge is 2.24. The first-order chi connectivity index (χ1) is 7.15. The Morgan fingerprint density at radius 1 is 1.47 bits per heavy atom. The molecule has 0 spiro atoms. The molecular weight excluding hydrogens is 214 g/mol. The van der Waals surface area contributed by atoms with Crippen LogP contribution >= 0.6 is 11.8 Å². The zero-order valence-corrected chi connectivity index (χ0v) is 9.93. The Labute approximate surface area is 94.1 Å². The van der Waals surface area contributed by atoms with Crippen molar-refractivity contribution in [2.24, 2.45) is 0 Å². The van der Waals surface area contributed by atoms with E-state index in [0.29, 0.717) is 0 Å². The third kappa shape index (κ3) is 3.74. The van der Waals surface area contributed by atoms with Gasteiger partial charge in [-0.3, -0.25) is 4.79 Å². The van der Waals surface area contributed by atoms with Gasteiger partial charge in [0.05, 0.1) is 12.4 Å². The summed E-state index contributed by atoms with van der Waals surface area (Å²) in [5, 5.41) is 2.67. The first-order valence-corrected chi connectivity index (χ1v) is 6.20. The molecule has 86 valence electrons. The molecule has 0 bridgehead atoms.